The largest absolute Gasteiger partial charge is 0.466 e. The van der Waals surface area contributed by atoms with Crippen molar-refractivity contribution in [2.45, 2.75) is 19.6 Å². The first-order valence-corrected chi connectivity index (χ1v) is 6.91. The van der Waals surface area contributed by atoms with Crippen LogP contribution in [0, 0.1) is 17.8 Å². The number of hydrogen-bond acceptors (Lipinski definition) is 5. The zero-order chi connectivity index (χ0) is 12.5. The summed E-state index contributed by atoms with van der Waals surface area (Å²) < 4.78 is 16.0. The first kappa shape index (κ1) is 12.4. The fourth-order valence-electron chi connectivity index (χ4n) is 3.29. The van der Waals surface area contributed by atoms with Crippen LogP contribution >= 0.6 is 0 Å². The van der Waals surface area contributed by atoms with Gasteiger partial charge < -0.3 is 14.2 Å². The van der Waals surface area contributed by atoms with Crippen LogP contribution < -0.4 is 0 Å². The molecule has 3 atom stereocenters. The molecule has 0 bridgehead atoms. The summed E-state index contributed by atoms with van der Waals surface area (Å²) in [5, 5.41) is 0. The number of ether oxygens (including phenoxy) is 3. The third-order valence-corrected chi connectivity index (χ3v) is 4.24. The van der Waals surface area contributed by atoms with Gasteiger partial charge in [0.2, 0.25) is 0 Å². The van der Waals surface area contributed by atoms with E-state index in [0.717, 1.165) is 26.1 Å². The van der Waals surface area contributed by atoms with Crippen molar-refractivity contribution in [2.75, 3.05) is 39.5 Å². The Morgan fingerprint density at radius 1 is 1.33 bits per heavy atom. The highest BCUT2D eigenvalue weighted by atomic mass is 16.7. The van der Waals surface area contributed by atoms with Gasteiger partial charge in [0, 0.05) is 13.1 Å². The average molecular weight is 255 g/mol. The van der Waals surface area contributed by atoms with Gasteiger partial charge in [0.15, 0.2) is 6.29 Å². The zero-order valence-corrected chi connectivity index (χ0v) is 10.8. The second-order valence-corrected chi connectivity index (χ2v) is 5.32. The second kappa shape index (κ2) is 5.15. The molecule has 3 aliphatic rings. The standard InChI is InChI=1S/C13H21NO4/c1-2-16-13(15)12-9-3-4-14(7-10(9)12)8-11-17-5-6-18-11/h9-12H,2-8H2,1H3/t9-,10+,12-/m1/s1. The molecular formula is C13H21NO4. The van der Waals surface area contributed by atoms with Gasteiger partial charge in [-0.1, -0.05) is 0 Å². The molecule has 5 heteroatoms. The van der Waals surface area contributed by atoms with Crippen LogP contribution in [0.15, 0.2) is 0 Å². The molecule has 5 nitrogen and oxygen atoms in total. The Hall–Kier alpha value is -0.650. The van der Waals surface area contributed by atoms with E-state index in [2.05, 4.69) is 4.90 Å². The maximum absolute atomic E-state index is 11.7. The van der Waals surface area contributed by atoms with E-state index in [1.54, 1.807) is 0 Å². The molecule has 2 heterocycles. The molecule has 2 aliphatic heterocycles. The number of hydrogen-bond donors (Lipinski definition) is 0. The van der Waals surface area contributed by atoms with E-state index in [4.69, 9.17) is 14.2 Å². The van der Waals surface area contributed by atoms with E-state index < -0.39 is 0 Å². The van der Waals surface area contributed by atoms with E-state index in [0.29, 0.717) is 31.7 Å². The molecule has 1 saturated carbocycles. The topological polar surface area (TPSA) is 48.0 Å². The Labute approximate surface area is 107 Å². The molecule has 0 radical (unpaired) electrons. The summed E-state index contributed by atoms with van der Waals surface area (Å²) in [7, 11) is 0. The number of nitrogens with zero attached hydrogens (tertiary/aromatic N) is 1. The zero-order valence-electron chi connectivity index (χ0n) is 10.8. The van der Waals surface area contributed by atoms with Crippen LogP contribution in [0.4, 0.5) is 0 Å². The van der Waals surface area contributed by atoms with Gasteiger partial charge in [-0.3, -0.25) is 9.69 Å². The van der Waals surface area contributed by atoms with E-state index in [-0.39, 0.29) is 18.2 Å². The van der Waals surface area contributed by atoms with Crippen molar-refractivity contribution < 1.29 is 19.0 Å². The minimum Gasteiger partial charge on any atom is -0.466 e. The predicted octanol–water partition coefficient (Wildman–Crippen LogP) is 0.490. The summed E-state index contributed by atoms with van der Waals surface area (Å²) in [5.41, 5.74) is 0. The molecule has 0 amide bonds. The van der Waals surface area contributed by atoms with E-state index in [9.17, 15) is 4.79 Å². The van der Waals surface area contributed by atoms with Crippen molar-refractivity contribution in [3.63, 3.8) is 0 Å². The monoisotopic (exact) mass is 255 g/mol. The number of likely N-dealkylation sites (tertiary alicyclic amines) is 1. The maximum atomic E-state index is 11.7. The summed E-state index contributed by atoms with van der Waals surface area (Å²) in [6.07, 6.45) is 1.03. The van der Waals surface area contributed by atoms with Gasteiger partial charge in [-0.15, -0.1) is 0 Å². The Bertz CT molecular complexity index is 316. The minimum atomic E-state index is -0.0682. The molecule has 102 valence electrons. The Balaban J connectivity index is 1.47. The van der Waals surface area contributed by atoms with Gasteiger partial charge in [0.25, 0.3) is 0 Å². The van der Waals surface area contributed by atoms with E-state index in [1.807, 2.05) is 6.92 Å². The molecule has 1 aliphatic carbocycles. The highest BCUT2D eigenvalue weighted by Gasteiger charge is 2.57. The summed E-state index contributed by atoms with van der Waals surface area (Å²) in [4.78, 5) is 14.1. The Morgan fingerprint density at radius 3 is 2.83 bits per heavy atom. The van der Waals surface area contributed by atoms with Gasteiger partial charge in [0.1, 0.15) is 0 Å². The number of carbonyl (C=O) groups is 1. The molecule has 3 fully saturated rings. The van der Waals surface area contributed by atoms with Crippen molar-refractivity contribution >= 4 is 5.97 Å². The first-order chi connectivity index (χ1) is 8.79. The minimum absolute atomic E-state index is 0.00252. The van der Waals surface area contributed by atoms with Crippen molar-refractivity contribution in [1.29, 1.82) is 0 Å². The highest BCUT2D eigenvalue weighted by Crippen LogP contribution is 2.52. The van der Waals surface area contributed by atoms with Gasteiger partial charge in [-0.2, -0.15) is 0 Å². The highest BCUT2D eigenvalue weighted by molar-refractivity contribution is 5.76. The van der Waals surface area contributed by atoms with Crippen LogP contribution in [0.5, 0.6) is 0 Å². The Kier molecular flexibility index (Phi) is 3.54. The molecule has 0 N–H and O–H groups in total. The molecule has 3 rings (SSSR count). The van der Waals surface area contributed by atoms with Crippen LogP contribution in [0.3, 0.4) is 0 Å². The third-order valence-electron chi connectivity index (χ3n) is 4.24. The molecule has 0 aromatic carbocycles. The van der Waals surface area contributed by atoms with Crippen LogP contribution in [0.1, 0.15) is 13.3 Å². The molecule has 18 heavy (non-hydrogen) atoms. The molecule has 0 unspecified atom stereocenters. The SMILES string of the molecule is CCOC(=O)[C@@H]1[C@@H]2CCN(CC3OCCO3)C[C@@H]21. The van der Waals surface area contributed by atoms with Crippen molar-refractivity contribution in [3.8, 4) is 0 Å². The number of carbonyl (C=O) groups excluding carboxylic acids is 1. The molecule has 2 saturated heterocycles. The summed E-state index contributed by atoms with van der Waals surface area (Å²) in [6.45, 7) is 6.62. The smallest absolute Gasteiger partial charge is 0.309 e. The predicted molar refractivity (Wildman–Crippen MR) is 63.9 cm³/mol. The molecule has 0 spiro atoms. The van der Waals surface area contributed by atoms with Gasteiger partial charge >= 0.3 is 5.97 Å². The lowest BCUT2D eigenvalue weighted by molar-refractivity contribution is -0.145. The van der Waals surface area contributed by atoms with Crippen LogP contribution in [-0.2, 0) is 19.0 Å². The quantitative estimate of drug-likeness (QED) is 0.684. The maximum Gasteiger partial charge on any atom is 0.309 e. The van der Waals surface area contributed by atoms with Gasteiger partial charge in [0.05, 0.1) is 25.7 Å². The van der Waals surface area contributed by atoms with Gasteiger partial charge in [-0.05, 0) is 31.7 Å². The van der Waals surface area contributed by atoms with E-state index >= 15 is 0 Å². The first-order valence-electron chi connectivity index (χ1n) is 6.91. The molecule has 0 aromatic heterocycles. The van der Waals surface area contributed by atoms with Crippen molar-refractivity contribution in [3.05, 3.63) is 0 Å². The summed E-state index contributed by atoms with van der Waals surface area (Å²) in [6, 6.07) is 0. The average Bonchev–Trinajstić information content (AvgIpc) is 2.84. The second-order valence-electron chi connectivity index (χ2n) is 5.32. The van der Waals surface area contributed by atoms with E-state index in [1.165, 1.54) is 0 Å². The fraction of sp³-hybridized carbons (Fsp3) is 0.923. The lowest BCUT2D eigenvalue weighted by Crippen LogP contribution is -2.37. The third kappa shape index (κ3) is 2.39. The number of esters is 1. The van der Waals surface area contributed by atoms with Crippen LogP contribution in [0.2, 0.25) is 0 Å². The fourth-order valence-corrected chi connectivity index (χ4v) is 3.29. The molecular weight excluding hydrogens is 234 g/mol. The van der Waals surface area contributed by atoms with Crippen LogP contribution in [0.25, 0.3) is 0 Å². The normalized spacial score (nSPS) is 36.4. The number of rotatable bonds is 4. The summed E-state index contributed by atoms with van der Waals surface area (Å²) in [5.74, 6) is 1.22. The van der Waals surface area contributed by atoms with Crippen molar-refractivity contribution in [2.24, 2.45) is 17.8 Å². The number of fused-ring (bicyclic) bond motifs is 1. The molecule has 0 aromatic rings. The lowest BCUT2D eigenvalue weighted by Gasteiger charge is -2.27. The lowest BCUT2D eigenvalue weighted by atomic mass is 10.1. The van der Waals surface area contributed by atoms with Gasteiger partial charge in [-0.25, -0.2) is 0 Å². The summed E-state index contributed by atoms with van der Waals surface area (Å²) >= 11 is 0. The van der Waals surface area contributed by atoms with Crippen LogP contribution in [-0.4, -0.2) is 56.6 Å². The Morgan fingerprint density at radius 2 is 2.11 bits per heavy atom. The number of piperidine rings is 1. The van der Waals surface area contributed by atoms with Crippen molar-refractivity contribution in [1.82, 2.24) is 4.90 Å².